The first kappa shape index (κ1) is 12.6. The minimum Gasteiger partial charge on any atom is -0.481 e. The molecule has 2 aromatic heterocycles. The third-order valence-corrected chi connectivity index (χ3v) is 3.67. The fourth-order valence-electron chi connectivity index (χ4n) is 2.57. The average molecular weight is 274 g/mol. The lowest BCUT2D eigenvalue weighted by Crippen LogP contribution is -2.33. The van der Waals surface area contributed by atoms with Crippen molar-refractivity contribution in [2.75, 3.05) is 0 Å². The average Bonchev–Trinajstić information content (AvgIpc) is 3.05. The molecule has 0 spiro atoms. The van der Waals surface area contributed by atoms with Crippen LogP contribution in [0.4, 0.5) is 0 Å². The second kappa shape index (κ2) is 4.92. The maximum absolute atomic E-state index is 12.1. The first-order chi connectivity index (χ1) is 9.63. The van der Waals surface area contributed by atoms with Crippen LogP contribution in [0.2, 0.25) is 0 Å². The number of fused-ring (bicyclic) bond motifs is 1. The molecule has 1 saturated carbocycles. The van der Waals surface area contributed by atoms with E-state index in [0.29, 0.717) is 30.5 Å². The fraction of sp³-hybridized carbons (Fsp3) is 0.385. The first-order valence-corrected chi connectivity index (χ1v) is 6.46. The molecule has 7 heteroatoms. The first-order valence-electron chi connectivity index (χ1n) is 6.46. The monoisotopic (exact) mass is 274 g/mol. The molecule has 2 heterocycles. The molecule has 7 nitrogen and oxygen atoms in total. The van der Waals surface area contributed by atoms with Crippen molar-refractivity contribution in [2.24, 2.45) is 5.92 Å². The van der Waals surface area contributed by atoms with Gasteiger partial charge in [0, 0.05) is 12.2 Å². The lowest BCUT2D eigenvalue weighted by molar-refractivity contribution is -0.141. The van der Waals surface area contributed by atoms with Crippen LogP contribution in [0.15, 0.2) is 24.7 Å². The summed E-state index contributed by atoms with van der Waals surface area (Å²) in [5, 5.41) is 19.4. The Balaban J connectivity index is 1.68. The molecule has 2 N–H and O–H groups in total. The lowest BCUT2D eigenvalue weighted by atomic mass is 10.1. The van der Waals surface area contributed by atoms with Gasteiger partial charge in [0.05, 0.1) is 11.5 Å². The summed E-state index contributed by atoms with van der Waals surface area (Å²) in [6, 6.07) is 3.33. The number of aromatic nitrogens is 3. The van der Waals surface area contributed by atoms with E-state index >= 15 is 0 Å². The van der Waals surface area contributed by atoms with Gasteiger partial charge < -0.3 is 10.4 Å². The smallest absolute Gasteiger partial charge is 0.306 e. The zero-order chi connectivity index (χ0) is 14.1. The standard InChI is InChI=1S/C13H14N4O3/c18-12(15-10-3-1-8(5-10)13(19)20)9-2-4-11-16-14-7-17(11)6-9/h2,4,6-8,10H,1,3,5H2,(H,15,18)(H,19,20)/t8-,10+/m1/s1. The summed E-state index contributed by atoms with van der Waals surface area (Å²) < 4.78 is 1.67. The predicted octanol–water partition coefficient (Wildman–Crippen LogP) is 0.712. The fourth-order valence-corrected chi connectivity index (χ4v) is 2.57. The highest BCUT2D eigenvalue weighted by Gasteiger charge is 2.30. The Kier molecular flexibility index (Phi) is 3.09. The molecule has 0 aliphatic heterocycles. The number of nitrogens with one attached hydrogen (secondary N) is 1. The molecule has 0 unspecified atom stereocenters. The van der Waals surface area contributed by atoms with Crippen molar-refractivity contribution >= 4 is 17.5 Å². The van der Waals surface area contributed by atoms with E-state index < -0.39 is 5.97 Å². The van der Waals surface area contributed by atoms with Crippen LogP contribution in [0.5, 0.6) is 0 Å². The van der Waals surface area contributed by atoms with Crippen LogP contribution in [0.3, 0.4) is 0 Å². The number of carbonyl (C=O) groups is 2. The topological polar surface area (TPSA) is 96.6 Å². The Morgan fingerprint density at radius 2 is 2.20 bits per heavy atom. The van der Waals surface area contributed by atoms with Crippen LogP contribution in [0.1, 0.15) is 29.6 Å². The number of amides is 1. The normalized spacial score (nSPS) is 22.0. The maximum Gasteiger partial charge on any atom is 0.306 e. The van der Waals surface area contributed by atoms with Gasteiger partial charge in [0.1, 0.15) is 6.33 Å². The second-order valence-electron chi connectivity index (χ2n) is 5.03. The van der Waals surface area contributed by atoms with Crippen LogP contribution in [-0.4, -0.2) is 37.6 Å². The van der Waals surface area contributed by atoms with E-state index in [4.69, 9.17) is 5.11 Å². The van der Waals surface area contributed by atoms with Gasteiger partial charge in [0.2, 0.25) is 0 Å². The van der Waals surface area contributed by atoms with Crippen molar-refractivity contribution in [3.05, 3.63) is 30.2 Å². The molecular formula is C13H14N4O3. The van der Waals surface area contributed by atoms with Gasteiger partial charge in [0.25, 0.3) is 5.91 Å². The summed E-state index contributed by atoms with van der Waals surface area (Å²) in [4.78, 5) is 23.0. The van der Waals surface area contributed by atoms with Crippen LogP contribution in [-0.2, 0) is 4.79 Å². The van der Waals surface area contributed by atoms with Crippen LogP contribution < -0.4 is 5.32 Å². The molecule has 1 aliphatic carbocycles. The Morgan fingerprint density at radius 3 is 2.95 bits per heavy atom. The summed E-state index contributed by atoms with van der Waals surface area (Å²) in [6.45, 7) is 0. The van der Waals surface area contributed by atoms with Crippen LogP contribution in [0.25, 0.3) is 5.65 Å². The molecule has 104 valence electrons. The highest BCUT2D eigenvalue weighted by atomic mass is 16.4. The number of carboxylic acid groups (broad SMARTS) is 1. The number of pyridine rings is 1. The summed E-state index contributed by atoms with van der Waals surface area (Å²) in [5.74, 6) is -1.33. The van der Waals surface area contributed by atoms with Crippen molar-refractivity contribution in [3.63, 3.8) is 0 Å². The van der Waals surface area contributed by atoms with Gasteiger partial charge in [-0.25, -0.2) is 0 Å². The zero-order valence-corrected chi connectivity index (χ0v) is 10.7. The van der Waals surface area contributed by atoms with E-state index in [9.17, 15) is 9.59 Å². The van der Waals surface area contributed by atoms with E-state index in [0.717, 1.165) is 0 Å². The molecule has 0 radical (unpaired) electrons. The third kappa shape index (κ3) is 2.34. The Morgan fingerprint density at radius 1 is 1.35 bits per heavy atom. The summed E-state index contributed by atoms with van der Waals surface area (Å²) in [5.41, 5.74) is 1.18. The lowest BCUT2D eigenvalue weighted by Gasteiger charge is -2.12. The Labute approximate surface area is 114 Å². The van der Waals surface area contributed by atoms with Gasteiger partial charge in [-0.1, -0.05) is 0 Å². The highest BCUT2D eigenvalue weighted by Crippen LogP contribution is 2.25. The zero-order valence-electron chi connectivity index (χ0n) is 10.7. The number of hydrogen-bond acceptors (Lipinski definition) is 4. The van der Waals surface area contributed by atoms with Crippen molar-refractivity contribution in [2.45, 2.75) is 25.3 Å². The Hall–Kier alpha value is -2.44. The number of hydrogen-bond donors (Lipinski definition) is 2. The van der Waals surface area contributed by atoms with Crippen molar-refractivity contribution in [1.29, 1.82) is 0 Å². The number of carbonyl (C=O) groups excluding carboxylic acids is 1. The highest BCUT2D eigenvalue weighted by molar-refractivity contribution is 5.94. The van der Waals surface area contributed by atoms with E-state index in [-0.39, 0.29) is 17.9 Å². The molecule has 20 heavy (non-hydrogen) atoms. The molecular weight excluding hydrogens is 260 g/mol. The Bertz CT molecular complexity index is 666. The van der Waals surface area contributed by atoms with E-state index in [2.05, 4.69) is 15.5 Å². The van der Waals surface area contributed by atoms with Gasteiger partial charge in [-0.15, -0.1) is 10.2 Å². The van der Waals surface area contributed by atoms with Gasteiger partial charge in [-0.2, -0.15) is 0 Å². The molecule has 1 fully saturated rings. The SMILES string of the molecule is O=C(N[C@H]1CC[C@@H](C(=O)O)C1)c1ccc2nncn2c1. The molecule has 3 rings (SSSR count). The van der Waals surface area contributed by atoms with Crippen molar-refractivity contribution < 1.29 is 14.7 Å². The van der Waals surface area contributed by atoms with Gasteiger partial charge in [-0.05, 0) is 31.4 Å². The summed E-state index contributed by atoms with van der Waals surface area (Å²) >= 11 is 0. The number of carboxylic acids is 1. The van der Waals surface area contributed by atoms with Gasteiger partial charge in [0.15, 0.2) is 5.65 Å². The largest absolute Gasteiger partial charge is 0.481 e. The van der Waals surface area contributed by atoms with Gasteiger partial charge in [-0.3, -0.25) is 14.0 Å². The molecule has 0 bridgehead atoms. The minimum atomic E-state index is -0.785. The quantitative estimate of drug-likeness (QED) is 0.859. The van der Waals surface area contributed by atoms with Crippen LogP contribution in [0, 0.1) is 5.92 Å². The molecule has 1 aliphatic rings. The molecule has 2 aromatic rings. The number of nitrogens with zero attached hydrogens (tertiary/aromatic N) is 3. The number of rotatable bonds is 3. The van der Waals surface area contributed by atoms with Crippen molar-refractivity contribution in [1.82, 2.24) is 19.9 Å². The molecule has 0 aromatic carbocycles. The maximum atomic E-state index is 12.1. The summed E-state index contributed by atoms with van der Waals surface area (Å²) in [6.07, 6.45) is 5.01. The third-order valence-electron chi connectivity index (χ3n) is 3.67. The molecule has 1 amide bonds. The summed E-state index contributed by atoms with van der Waals surface area (Å²) in [7, 11) is 0. The van der Waals surface area contributed by atoms with Crippen molar-refractivity contribution in [3.8, 4) is 0 Å². The number of aliphatic carboxylic acids is 1. The predicted molar refractivity (Wildman–Crippen MR) is 69.2 cm³/mol. The molecule has 2 atom stereocenters. The van der Waals surface area contributed by atoms with E-state index in [1.807, 2.05) is 0 Å². The van der Waals surface area contributed by atoms with E-state index in [1.54, 1.807) is 22.7 Å². The van der Waals surface area contributed by atoms with Crippen LogP contribution >= 0.6 is 0 Å². The second-order valence-corrected chi connectivity index (χ2v) is 5.03. The van der Waals surface area contributed by atoms with Gasteiger partial charge >= 0.3 is 5.97 Å². The molecule has 0 saturated heterocycles. The minimum absolute atomic E-state index is 0.0693. The van der Waals surface area contributed by atoms with E-state index in [1.165, 1.54) is 6.33 Å².